The monoisotopic (exact) mass is 184 g/mol. The molecule has 0 bridgehead atoms. The first-order chi connectivity index (χ1) is 6.15. The van der Waals surface area contributed by atoms with Crippen LogP contribution in [0.3, 0.4) is 0 Å². The number of ether oxygens (including phenoxy) is 1. The Morgan fingerprint density at radius 2 is 2.31 bits per heavy atom. The Balaban J connectivity index is 4.10. The second-order valence-electron chi connectivity index (χ2n) is 2.85. The first kappa shape index (κ1) is 11.9. The smallest absolute Gasteiger partial charge is 0.319 e. The third-order valence-corrected chi connectivity index (χ3v) is 1.81. The lowest BCUT2D eigenvalue weighted by molar-refractivity contribution is -0.142. The molecule has 0 aromatic carbocycles. The molecule has 0 heterocycles. The molecule has 0 aromatic heterocycles. The summed E-state index contributed by atoms with van der Waals surface area (Å²) in [4.78, 5) is 12.7. The predicted molar refractivity (Wildman–Crippen MR) is 49.0 cm³/mol. The van der Waals surface area contributed by atoms with E-state index in [-0.39, 0.29) is 18.6 Å². The summed E-state index contributed by atoms with van der Waals surface area (Å²) in [5, 5.41) is 8.67. The lowest BCUT2D eigenvalue weighted by atomic mass is 10.3. The molecule has 0 aliphatic rings. The van der Waals surface area contributed by atoms with Crippen molar-refractivity contribution in [1.29, 1.82) is 5.26 Å². The van der Waals surface area contributed by atoms with Crippen LogP contribution in [0.25, 0.3) is 0 Å². The van der Waals surface area contributed by atoms with Gasteiger partial charge >= 0.3 is 5.97 Å². The van der Waals surface area contributed by atoms with Crippen LogP contribution in [-0.4, -0.2) is 37.1 Å². The van der Waals surface area contributed by atoms with Crippen molar-refractivity contribution in [2.75, 3.05) is 20.2 Å². The first-order valence-corrected chi connectivity index (χ1v) is 4.36. The van der Waals surface area contributed by atoms with E-state index in [4.69, 9.17) is 5.26 Å². The molecule has 4 heteroatoms. The fourth-order valence-corrected chi connectivity index (χ4v) is 1.01. The van der Waals surface area contributed by atoms with Gasteiger partial charge in [0, 0.05) is 0 Å². The minimum atomic E-state index is -0.296. The molecule has 0 N–H and O–H groups in total. The highest BCUT2D eigenvalue weighted by molar-refractivity contribution is 5.71. The summed E-state index contributed by atoms with van der Waals surface area (Å²) >= 11 is 0. The zero-order chi connectivity index (χ0) is 10.3. The number of esters is 1. The van der Waals surface area contributed by atoms with Crippen LogP contribution < -0.4 is 0 Å². The van der Waals surface area contributed by atoms with Gasteiger partial charge < -0.3 is 4.74 Å². The van der Waals surface area contributed by atoms with Gasteiger partial charge in [0.15, 0.2) is 0 Å². The van der Waals surface area contributed by atoms with Crippen LogP contribution in [0.2, 0.25) is 0 Å². The molecule has 74 valence electrons. The zero-order valence-electron chi connectivity index (χ0n) is 8.41. The van der Waals surface area contributed by atoms with E-state index in [9.17, 15) is 4.79 Å². The number of hydrogen-bond donors (Lipinski definition) is 0. The van der Waals surface area contributed by atoms with Crippen LogP contribution in [-0.2, 0) is 9.53 Å². The maximum atomic E-state index is 10.9. The number of rotatable bonds is 5. The molecule has 0 fully saturated rings. The molecule has 0 saturated carbocycles. The van der Waals surface area contributed by atoms with Crippen molar-refractivity contribution in [2.24, 2.45) is 0 Å². The Morgan fingerprint density at radius 1 is 1.69 bits per heavy atom. The molecular weight excluding hydrogens is 168 g/mol. The van der Waals surface area contributed by atoms with E-state index in [0.717, 1.165) is 13.0 Å². The molecule has 0 spiro atoms. The van der Waals surface area contributed by atoms with Gasteiger partial charge in [0.1, 0.15) is 0 Å². The zero-order valence-corrected chi connectivity index (χ0v) is 8.41. The molecule has 0 saturated heterocycles. The van der Waals surface area contributed by atoms with Gasteiger partial charge in [0.2, 0.25) is 0 Å². The fourth-order valence-electron chi connectivity index (χ4n) is 1.01. The summed E-state index contributed by atoms with van der Waals surface area (Å²) in [5.74, 6) is -0.296. The molecule has 0 radical (unpaired) electrons. The summed E-state index contributed by atoms with van der Waals surface area (Å²) < 4.78 is 4.53. The minimum absolute atomic E-state index is 0.194. The standard InChI is InChI=1S/C9H16N2O2/c1-4-5-11(8(2)6-10)7-9(12)13-3/h8H,4-5,7H2,1-3H3. The van der Waals surface area contributed by atoms with E-state index in [0.29, 0.717) is 0 Å². The Kier molecular flexibility index (Phi) is 5.90. The van der Waals surface area contributed by atoms with Gasteiger partial charge in [-0.25, -0.2) is 0 Å². The lowest BCUT2D eigenvalue weighted by Gasteiger charge is -2.22. The molecule has 0 rings (SSSR count). The summed E-state index contributed by atoms with van der Waals surface area (Å²) in [6.45, 7) is 4.72. The molecule has 0 amide bonds. The number of nitrogens with zero attached hydrogens (tertiary/aromatic N) is 2. The van der Waals surface area contributed by atoms with E-state index >= 15 is 0 Å². The second-order valence-corrected chi connectivity index (χ2v) is 2.85. The van der Waals surface area contributed by atoms with Crippen molar-refractivity contribution in [3.63, 3.8) is 0 Å². The fraction of sp³-hybridized carbons (Fsp3) is 0.778. The number of carbonyl (C=O) groups excluding carboxylic acids is 1. The average molecular weight is 184 g/mol. The highest BCUT2D eigenvalue weighted by atomic mass is 16.5. The number of nitriles is 1. The van der Waals surface area contributed by atoms with Crippen molar-refractivity contribution in [2.45, 2.75) is 26.3 Å². The molecule has 13 heavy (non-hydrogen) atoms. The summed E-state index contributed by atoms with van der Waals surface area (Å²) in [6.07, 6.45) is 0.920. The van der Waals surface area contributed by atoms with Crippen LogP contribution >= 0.6 is 0 Å². The van der Waals surface area contributed by atoms with Gasteiger partial charge in [-0.1, -0.05) is 6.92 Å². The Labute approximate surface area is 79.1 Å². The maximum absolute atomic E-state index is 10.9. The Morgan fingerprint density at radius 3 is 2.69 bits per heavy atom. The number of carbonyl (C=O) groups is 1. The van der Waals surface area contributed by atoms with Crippen LogP contribution in [0, 0.1) is 11.3 Å². The third kappa shape index (κ3) is 4.48. The molecule has 1 atom stereocenters. The van der Waals surface area contributed by atoms with Crippen molar-refractivity contribution in [3.05, 3.63) is 0 Å². The van der Waals surface area contributed by atoms with Crippen LogP contribution in [0.4, 0.5) is 0 Å². The van der Waals surface area contributed by atoms with Crippen molar-refractivity contribution in [3.8, 4) is 6.07 Å². The molecule has 0 aromatic rings. The normalized spacial score (nSPS) is 12.2. The number of hydrogen-bond acceptors (Lipinski definition) is 4. The largest absolute Gasteiger partial charge is 0.468 e. The molecule has 0 aliphatic heterocycles. The van der Waals surface area contributed by atoms with E-state index < -0.39 is 0 Å². The molecule has 4 nitrogen and oxygen atoms in total. The van der Waals surface area contributed by atoms with Crippen molar-refractivity contribution in [1.82, 2.24) is 4.90 Å². The van der Waals surface area contributed by atoms with Gasteiger partial charge in [-0.05, 0) is 19.9 Å². The van der Waals surface area contributed by atoms with Gasteiger partial charge in [-0.3, -0.25) is 9.69 Å². The van der Waals surface area contributed by atoms with E-state index in [1.165, 1.54) is 7.11 Å². The van der Waals surface area contributed by atoms with Crippen molar-refractivity contribution >= 4 is 5.97 Å². The SMILES string of the molecule is CCCN(CC(=O)OC)C(C)C#N. The van der Waals surface area contributed by atoms with Crippen LogP contribution in [0.5, 0.6) is 0 Å². The van der Waals surface area contributed by atoms with Crippen LogP contribution in [0.1, 0.15) is 20.3 Å². The highest BCUT2D eigenvalue weighted by Crippen LogP contribution is 1.99. The Bertz CT molecular complexity index is 198. The minimum Gasteiger partial charge on any atom is -0.468 e. The first-order valence-electron chi connectivity index (χ1n) is 4.36. The summed E-state index contributed by atoms with van der Waals surface area (Å²) in [7, 11) is 1.35. The molecular formula is C9H16N2O2. The average Bonchev–Trinajstić information content (AvgIpc) is 2.15. The molecule has 0 aliphatic carbocycles. The van der Waals surface area contributed by atoms with E-state index in [1.807, 2.05) is 6.92 Å². The quantitative estimate of drug-likeness (QED) is 0.592. The lowest BCUT2D eigenvalue weighted by Crippen LogP contribution is -2.37. The van der Waals surface area contributed by atoms with E-state index in [1.54, 1.807) is 11.8 Å². The highest BCUT2D eigenvalue weighted by Gasteiger charge is 2.15. The Hall–Kier alpha value is -1.08. The van der Waals surface area contributed by atoms with Crippen molar-refractivity contribution < 1.29 is 9.53 Å². The van der Waals surface area contributed by atoms with E-state index in [2.05, 4.69) is 10.8 Å². The maximum Gasteiger partial charge on any atom is 0.319 e. The second kappa shape index (κ2) is 6.44. The van der Waals surface area contributed by atoms with Crippen LogP contribution in [0.15, 0.2) is 0 Å². The van der Waals surface area contributed by atoms with Gasteiger partial charge in [-0.15, -0.1) is 0 Å². The number of methoxy groups -OCH3 is 1. The van der Waals surface area contributed by atoms with Gasteiger partial charge in [0.25, 0.3) is 0 Å². The third-order valence-electron chi connectivity index (χ3n) is 1.81. The summed E-state index contributed by atoms with van der Waals surface area (Å²) in [6, 6.07) is 1.86. The van der Waals surface area contributed by atoms with Gasteiger partial charge in [0.05, 0.1) is 25.8 Å². The summed E-state index contributed by atoms with van der Waals surface area (Å²) in [5.41, 5.74) is 0. The topological polar surface area (TPSA) is 53.3 Å². The molecule has 1 unspecified atom stereocenters. The predicted octanol–water partition coefficient (Wildman–Crippen LogP) is 0.783. The van der Waals surface area contributed by atoms with Gasteiger partial charge in [-0.2, -0.15) is 5.26 Å².